The Labute approximate surface area is 192 Å². The van der Waals surface area contributed by atoms with E-state index >= 15 is 0 Å². The summed E-state index contributed by atoms with van der Waals surface area (Å²) in [7, 11) is 0. The van der Waals surface area contributed by atoms with Gasteiger partial charge in [-0.15, -0.1) is 0 Å². The summed E-state index contributed by atoms with van der Waals surface area (Å²) in [4.78, 5) is 29.4. The molecule has 1 aliphatic carbocycles. The van der Waals surface area contributed by atoms with Crippen molar-refractivity contribution >= 4 is 11.9 Å². The van der Waals surface area contributed by atoms with E-state index < -0.39 is 0 Å². The molecule has 4 rings (SSSR count). The summed E-state index contributed by atoms with van der Waals surface area (Å²) in [6, 6.07) is 8.03. The van der Waals surface area contributed by atoms with E-state index in [1.54, 1.807) is 0 Å². The van der Waals surface area contributed by atoms with Crippen molar-refractivity contribution in [1.29, 1.82) is 0 Å². The molecular formula is C26H39N3O3. The number of amides is 3. The molecule has 176 valence electrons. The molecule has 3 amide bonds. The number of carbonyl (C=O) groups is 2. The van der Waals surface area contributed by atoms with E-state index in [2.05, 4.69) is 17.1 Å². The molecule has 32 heavy (non-hydrogen) atoms. The molecule has 3 aliphatic rings. The third kappa shape index (κ3) is 6.17. The fourth-order valence-corrected chi connectivity index (χ4v) is 5.37. The minimum absolute atomic E-state index is 0.0407. The number of likely N-dealkylation sites (tertiary alicyclic amines) is 2. The zero-order valence-corrected chi connectivity index (χ0v) is 19.6. The summed E-state index contributed by atoms with van der Waals surface area (Å²) in [5.41, 5.74) is 1.05. The Morgan fingerprint density at radius 3 is 2.50 bits per heavy atom. The maximum atomic E-state index is 12.9. The van der Waals surface area contributed by atoms with E-state index in [9.17, 15) is 9.59 Å². The lowest BCUT2D eigenvalue weighted by Crippen LogP contribution is -2.48. The summed E-state index contributed by atoms with van der Waals surface area (Å²) in [5.74, 6) is 1.87. The van der Waals surface area contributed by atoms with Gasteiger partial charge in [0.1, 0.15) is 5.75 Å². The van der Waals surface area contributed by atoms with Gasteiger partial charge in [-0.3, -0.25) is 4.79 Å². The van der Waals surface area contributed by atoms with Gasteiger partial charge < -0.3 is 19.9 Å². The molecule has 0 radical (unpaired) electrons. The highest BCUT2D eigenvalue weighted by atomic mass is 16.5. The molecule has 0 spiro atoms. The van der Waals surface area contributed by atoms with Crippen molar-refractivity contribution in [1.82, 2.24) is 15.1 Å². The number of benzene rings is 1. The molecule has 1 saturated carbocycles. The number of hydrogen-bond acceptors (Lipinski definition) is 3. The lowest BCUT2D eigenvalue weighted by atomic mass is 9.93. The average molecular weight is 442 g/mol. The lowest BCUT2D eigenvalue weighted by molar-refractivity contribution is -0.138. The van der Waals surface area contributed by atoms with Gasteiger partial charge in [-0.05, 0) is 75.0 Å². The average Bonchev–Trinajstić information content (AvgIpc) is 2.83. The van der Waals surface area contributed by atoms with Crippen molar-refractivity contribution in [2.45, 2.75) is 77.4 Å². The van der Waals surface area contributed by atoms with Gasteiger partial charge in [-0.1, -0.05) is 25.5 Å². The first-order valence-electron chi connectivity index (χ1n) is 12.7. The van der Waals surface area contributed by atoms with Crippen molar-refractivity contribution in [3.05, 3.63) is 29.8 Å². The van der Waals surface area contributed by atoms with Gasteiger partial charge in [0, 0.05) is 38.6 Å². The number of rotatable bonds is 5. The Morgan fingerprint density at radius 2 is 1.75 bits per heavy atom. The van der Waals surface area contributed by atoms with Crippen LogP contribution in [-0.2, 0) is 11.3 Å². The Hall–Kier alpha value is -2.24. The van der Waals surface area contributed by atoms with Crippen molar-refractivity contribution in [3.8, 4) is 5.75 Å². The number of carbonyl (C=O) groups excluding carboxylic acids is 2. The topological polar surface area (TPSA) is 61.9 Å². The Bertz CT molecular complexity index is 769. The van der Waals surface area contributed by atoms with Crippen LogP contribution in [0.25, 0.3) is 0 Å². The van der Waals surface area contributed by atoms with Crippen LogP contribution in [-0.4, -0.2) is 54.0 Å². The smallest absolute Gasteiger partial charge is 0.317 e. The molecule has 3 fully saturated rings. The van der Waals surface area contributed by atoms with E-state index in [1.807, 2.05) is 29.2 Å². The number of nitrogens with zero attached hydrogens (tertiary/aromatic N) is 2. The Morgan fingerprint density at radius 1 is 0.969 bits per heavy atom. The zero-order valence-electron chi connectivity index (χ0n) is 19.6. The molecule has 2 saturated heterocycles. The number of hydrogen-bond donors (Lipinski definition) is 1. The summed E-state index contributed by atoms with van der Waals surface area (Å²) in [5, 5.41) is 3.05. The largest absolute Gasteiger partial charge is 0.490 e. The second-order valence-electron chi connectivity index (χ2n) is 9.98. The maximum absolute atomic E-state index is 12.9. The highest BCUT2D eigenvalue weighted by Gasteiger charge is 2.31. The molecule has 0 bridgehead atoms. The second-order valence-corrected chi connectivity index (χ2v) is 9.98. The van der Waals surface area contributed by atoms with Gasteiger partial charge in [-0.25, -0.2) is 4.79 Å². The summed E-state index contributed by atoms with van der Waals surface area (Å²) in [6.07, 6.45) is 10.3. The number of ether oxygens (including phenoxy) is 1. The lowest BCUT2D eigenvalue weighted by Gasteiger charge is -2.37. The van der Waals surface area contributed by atoms with E-state index in [4.69, 9.17) is 4.74 Å². The van der Waals surface area contributed by atoms with Crippen LogP contribution < -0.4 is 10.1 Å². The fraction of sp³-hybridized carbons (Fsp3) is 0.692. The minimum atomic E-state index is -0.0407. The van der Waals surface area contributed by atoms with E-state index in [0.29, 0.717) is 37.6 Å². The van der Waals surface area contributed by atoms with Gasteiger partial charge in [0.25, 0.3) is 0 Å². The minimum Gasteiger partial charge on any atom is -0.490 e. The molecule has 0 aromatic heterocycles. The first-order valence-corrected chi connectivity index (χ1v) is 12.7. The van der Waals surface area contributed by atoms with E-state index in [-0.39, 0.29) is 11.9 Å². The van der Waals surface area contributed by atoms with Crippen LogP contribution in [0.15, 0.2) is 24.3 Å². The standard InChI is InChI=1S/C26H39N3O3/c1-20-7-6-14-29(19-20)25(30)22-12-15-28(16-13-22)26(31)27-18-21-8-5-11-24(17-21)32-23-9-3-2-4-10-23/h5,8,11,17,20,22-23H,2-4,6-7,9-10,12-16,18-19H2,1H3,(H,27,31). The molecule has 1 N–H and O–H groups in total. The van der Waals surface area contributed by atoms with E-state index in [0.717, 1.165) is 56.5 Å². The predicted molar refractivity (Wildman–Crippen MR) is 125 cm³/mol. The van der Waals surface area contributed by atoms with Gasteiger partial charge in [0.15, 0.2) is 0 Å². The second kappa shape index (κ2) is 11.1. The fourth-order valence-electron chi connectivity index (χ4n) is 5.37. The molecule has 1 unspecified atom stereocenters. The molecule has 1 atom stereocenters. The Kier molecular flexibility index (Phi) is 7.93. The van der Waals surface area contributed by atoms with Crippen molar-refractivity contribution in [3.63, 3.8) is 0 Å². The van der Waals surface area contributed by atoms with Crippen LogP contribution in [0.5, 0.6) is 5.75 Å². The molecular weight excluding hydrogens is 402 g/mol. The number of urea groups is 1. The van der Waals surface area contributed by atoms with Crippen LogP contribution in [0.3, 0.4) is 0 Å². The first kappa shape index (κ1) is 22.9. The molecule has 1 aromatic carbocycles. The molecule has 2 aliphatic heterocycles. The molecule has 1 aromatic rings. The van der Waals surface area contributed by atoms with Crippen LogP contribution in [0.1, 0.15) is 70.3 Å². The predicted octanol–water partition coefficient (Wildman–Crippen LogP) is 4.58. The maximum Gasteiger partial charge on any atom is 0.317 e. The highest BCUT2D eigenvalue weighted by Crippen LogP contribution is 2.25. The molecule has 6 nitrogen and oxygen atoms in total. The SMILES string of the molecule is CC1CCCN(C(=O)C2CCN(C(=O)NCc3cccc(OC4CCCCC4)c3)CC2)C1. The quantitative estimate of drug-likeness (QED) is 0.728. The molecule has 2 heterocycles. The number of piperidine rings is 2. The zero-order chi connectivity index (χ0) is 22.3. The van der Waals surface area contributed by atoms with Gasteiger partial charge in [0.2, 0.25) is 5.91 Å². The van der Waals surface area contributed by atoms with Crippen LogP contribution in [0, 0.1) is 11.8 Å². The highest BCUT2D eigenvalue weighted by molar-refractivity contribution is 5.80. The monoisotopic (exact) mass is 441 g/mol. The van der Waals surface area contributed by atoms with Gasteiger partial charge >= 0.3 is 6.03 Å². The van der Waals surface area contributed by atoms with Crippen LogP contribution in [0.4, 0.5) is 4.79 Å². The summed E-state index contributed by atoms with van der Waals surface area (Å²) >= 11 is 0. The third-order valence-electron chi connectivity index (χ3n) is 7.30. The first-order chi connectivity index (χ1) is 15.6. The van der Waals surface area contributed by atoms with Gasteiger partial charge in [0.05, 0.1) is 6.10 Å². The van der Waals surface area contributed by atoms with Crippen molar-refractivity contribution < 1.29 is 14.3 Å². The van der Waals surface area contributed by atoms with Crippen LogP contribution in [0.2, 0.25) is 0 Å². The number of nitrogens with one attached hydrogen (secondary N) is 1. The normalized spacial score (nSPS) is 23.1. The van der Waals surface area contributed by atoms with Gasteiger partial charge in [-0.2, -0.15) is 0 Å². The van der Waals surface area contributed by atoms with Crippen molar-refractivity contribution in [2.24, 2.45) is 11.8 Å². The summed E-state index contributed by atoms with van der Waals surface area (Å²) < 4.78 is 6.15. The van der Waals surface area contributed by atoms with Crippen LogP contribution >= 0.6 is 0 Å². The summed E-state index contributed by atoms with van der Waals surface area (Å²) in [6.45, 7) is 5.80. The van der Waals surface area contributed by atoms with Crippen molar-refractivity contribution in [2.75, 3.05) is 26.2 Å². The van der Waals surface area contributed by atoms with E-state index in [1.165, 1.54) is 25.7 Å². The third-order valence-corrected chi connectivity index (χ3v) is 7.30. The Balaban J connectivity index is 1.20. The molecule has 6 heteroatoms.